The average molecular weight is 235 g/mol. The minimum atomic E-state index is 0.0806. The highest BCUT2D eigenvalue weighted by Crippen LogP contribution is 2.10. The van der Waals surface area contributed by atoms with Gasteiger partial charge in [0.25, 0.3) is 5.91 Å². The van der Waals surface area contributed by atoms with Gasteiger partial charge >= 0.3 is 0 Å². The Labute approximate surface area is 103 Å². The molecule has 1 aromatic carbocycles. The van der Waals surface area contributed by atoms with Crippen LogP contribution >= 0.6 is 0 Å². The number of carbonyl (C=O) groups is 1. The lowest BCUT2D eigenvalue weighted by Crippen LogP contribution is -2.40. The Balaban J connectivity index is 2.79. The maximum atomic E-state index is 12.3. The second-order valence-electron chi connectivity index (χ2n) is 4.11. The first-order valence-electron chi connectivity index (χ1n) is 6.05. The number of methoxy groups -OCH3 is 1. The van der Waals surface area contributed by atoms with Crippen molar-refractivity contribution in [2.75, 3.05) is 20.3 Å². The van der Waals surface area contributed by atoms with Gasteiger partial charge in [-0.2, -0.15) is 0 Å². The van der Waals surface area contributed by atoms with E-state index in [1.807, 2.05) is 35.2 Å². The van der Waals surface area contributed by atoms with Gasteiger partial charge < -0.3 is 9.64 Å². The van der Waals surface area contributed by atoms with E-state index in [9.17, 15) is 4.79 Å². The van der Waals surface area contributed by atoms with Crippen molar-refractivity contribution in [1.82, 2.24) is 4.90 Å². The highest BCUT2D eigenvalue weighted by atomic mass is 16.5. The molecule has 0 heterocycles. The first-order valence-corrected chi connectivity index (χ1v) is 6.05. The lowest BCUT2D eigenvalue weighted by Gasteiger charge is -2.28. The van der Waals surface area contributed by atoms with Gasteiger partial charge in [-0.05, 0) is 25.5 Å². The van der Waals surface area contributed by atoms with Gasteiger partial charge in [-0.1, -0.05) is 25.1 Å². The Morgan fingerprint density at radius 1 is 1.35 bits per heavy atom. The van der Waals surface area contributed by atoms with Gasteiger partial charge in [0.15, 0.2) is 0 Å². The summed E-state index contributed by atoms with van der Waals surface area (Å²) in [6.45, 7) is 5.36. The highest BCUT2D eigenvalue weighted by molar-refractivity contribution is 5.94. The average Bonchev–Trinajstić information content (AvgIpc) is 2.39. The van der Waals surface area contributed by atoms with Crippen molar-refractivity contribution in [1.29, 1.82) is 0 Å². The fourth-order valence-electron chi connectivity index (χ4n) is 1.68. The predicted molar refractivity (Wildman–Crippen MR) is 69.1 cm³/mol. The molecule has 1 aromatic rings. The number of nitrogens with zero attached hydrogens (tertiary/aromatic N) is 1. The summed E-state index contributed by atoms with van der Waals surface area (Å²) >= 11 is 0. The second kappa shape index (κ2) is 7.07. The molecule has 0 N–H and O–H groups in total. The van der Waals surface area contributed by atoms with E-state index in [0.717, 1.165) is 12.0 Å². The maximum absolute atomic E-state index is 12.3. The van der Waals surface area contributed by atoms with Crippen LogP contribution in [-0.2, 0) is 4.74 Å². The Morgan fingerprint density at radius 2 is 2.00 bits per heavy atom. The van der Waals surface area contributed by atoms with Crippen molar-refractivity contribution in [3.05, 3.63) is 35.9 Å². The zero-order valence-electron chi connectivity index (χ0n) is 10.8. The normalized spacial score (nSPS) is 12.2. The van der Waals surface area contributed by atoms with Crippen LogP contribution in [0, 0.1) is 0 Å². The fourth-order valence-corrected chi connectivity index (χ4v) is 1.68. The molecule has 0 spiro atoms. The standard InChI is InChI=1S/C14H21NO2/c1-4-12(2)15(10-11-17-3)14(16)13-8-6-5-7-9-13/h5-9,12H,4,10-11H2,1-3H3. The molecule has 0 aliphatic rings. The number of rotatable bonds is 6. The largest absolute Gasteiger partial charge is 0.383 e. The topological polar surface area (TPSA) is 29.5 Å². The van der Waals surface area contributed by atoms with E-state index >= 15 is 0 Å². The zero-order chi connectivity index (χ0) is 12.7. The summed E-state index contributed by atoms with van der Waals surface area (Å²) in [6.07, 6.45) is 0.947. The van der Waals surface area contributed by atoms with E-state index in [1.54, 1.807) is 7.11 Å². The SMILES string of the molecule is CCC(C)N(CCOC)C(=O)c1ccccc1. The van der Waals surface area contributed by atoms with Crippen molar-refractivity contribution < 1.29 is 9.53 Å². The van der Waals surface area contributed by atoms with Crippen LogP contribution in [0.25, 0.3) is 0 Å². The molecule has 0 aromatic heterocycles. The summed E-state index contributed by atoms with van der Waals surface area (Å²) in [5, 5.41) is 0. The van der Waals surface area contributed by atoms with Gasteiger partial charge in [-0.25, -0.2) is 0 Å². The molecule has 17 heavy (non-hydrogen) atoms. The summed E-state index contributed by atoms with van der Waals surface area (Å²) in [7, 11) is 1.65. The lowest BCUT2D eigenvalue weighted by atomic mass is 10.1. The van der Waals surface area contributed by atoms with Gasteiger partial charge in [0, 0.05) is 25.3 Å². The highest BCUT2D eigenvalue weighted by Gasteiger charge is 2.19. The maximum Gasteiger partial charge on any atom is 0.254 e. The van der Waals surface area contributed by atoms with Crippen LogP contribution in [-0.4, -0.2) is 37.1 Å². The summed E-state index contributed by atoms with van der Waals surface area (Å²) in [6, 6.07) is 9.63. The van der Waals surface area contributed by atoms with Crippen molar-refractivity contribution >= 4 is 5.91 Å². The molecule has 0 aliphatic carbocycles. The lowest BCUT2D eigenvalue weighted by molar-refractivity contribution is 0.0614. The van der Waals surface area contributed by atoms with E-state index in [2.05, 4.69) is 13.8 Å². The Hall–Kier alpha value is -1.35. The number of hydrogen-bond donors (Lipinski definition) is 0. The predicted octanol–water partition coefficient (Wildman–Crippen LogP) is 2.57. The molecule has 1 amide bonds. The van der Waals surface area contributed by atoms with Gasteiger partial charge in [0.2, 0.25) is 0 Å². The molecule has 0 fully saturated rings. The number of amides is 1. The molecule has 1 unspecified atom stereocenters. The van der Waals surface area contributed by atoms with Crippen LogP contribution in [0.3, 0.4) is 0 Å². The third-order valence-electron chi connectivity index (χ3n) is 2.94. The van der Waals surface area contributed by atoms with Gasteiger partial charge in [0.05, 0.1) is 6.61 Å². The molecular weight excluding hydrogens is 214 g/mol. The molecule has 94 valence electrons. The molecule has 1 atom stereocenters. The Morgan fingerprint density at radius 3 is 2.53 bits per heavy atom. The molecular formula is C14H21NO2. The van der Waals surface area contributed by atoms with Crippen molar-refractivity contribution in [2.45, 2.75) is 26.3 Å². The Bertz CT molecular complexity index is 337. The minimum absolute atomic E-state index is 0.0806. The molecule has 1 rings (SSSR count). The van der Waals surface area contributed by atoms with Gasteiger partial charge in [0.1, 0.15) is 0 Å². The summed E-state index contributed by atoms with van der Waals surface area (Å²) < 4.78 is 5.06. The first-order chi connectivity index (χ1) is 8.20. The van der Waals surface area contributed by atoms with Crippen LogP contribution in [0.5, 0.6) is 0 Å². The monoisotopic (exact) mass is 235 g/mol. The number of ether oxygens (including phenoxy) is 1. The number of hydrogen-bond acceptors (Lipinski definition) is 2. The van der Waals surface area contributed by atoms with Crippen molar-refractivity contribution in [3.63, 3.8) is 0 Å². The molecule has 0 radical (unpaired) electrons. The van der Waals surface area contributed by atoms with E-state index < -0.39 is 0 Å². The number of benzene rings is 1. The third-order valence-corrected chi connectivity index (χ3v) is 2.94. The van der Waals surface area contributed by atoms with E-state index in [1.165, 1.54) is 0 Å². The van der Waals surface area contributed by atoms with Crippen LogP contribution in [0.15, 0.2) is 30.3 Å². The van der Waals surface area contributed by atoms with E-state index in [4.69, 9.17) is 4.74 Å². The van der Waals surface area contributed by atoms with Crippen molar-refractivity contribution in [3.8, 4) is 0 Å². The zero-order valence-corrected chi connectivity index (χ0v) is 10.8. The van der Waals surface area contributed by atoms with Crippen LogP contribution in [0.2, 0.25) is 0 Å². The molecule has 0 saturated carbocycles. The third kappa shape index (κ3) is 3.86. The number of carbonyl (C=O) groups excluding carboxylic acids is 1. The van der Waals surface area contributed by atoms with Crippen LogP contribution < -0.4 is 0 Å². The Kier molecular flexibility index (Phi) is 5.70. The summed E-state index contributed by atoms with van der Waals surface area (Å²) in [5.74, 6) is 0.0806. The molecule has 3 nitrogen and oxygen atoms in total. The minimum Gasteiger partial charge on any atom is -0.383 e. The van der Waals surface area contributed by atoms with Gasteiger partial charge in [-0.15, -0.1) is 0 Å². The fraction of sp³-hybridized carbons (Fsp3) is 0.500. The molecule has 0 bridgehead atoms. The van der Waals surface area contributed by atoms with Crippen LogP contribution in [0.1, 0.15) is 30.6 Å². The van der Waals surface area contributed by atoms with Gasteiger partial charge in [-0.3, -0.25) is 4.79 Å². The molecule has 3 heteroatoms. The first kappa shape index (κ1) is 13.7. The van der Waals surface area contributed by atoms with E-state index in [0.29, 0.717) is 13.2 Å². The van der Waals surface area contributed by atoms with Crippen molar-refractivity contribution in [2.24, 2.45) is 0 Å². The second-order valence-corrected chi connectivity index (χ2v) is 4.11. The molecule has 0 saturated heterocycles. The smallest absolute Gasteiger partial charge is 0.254 e. The van der Waals surface area contributed by atoms with E-state index in [-0.39, 0.29) is 11.9 Å². The summed E-state index contributed by atoms with van der Waals surface area (Å²) in [5.41, 5.74) is 0.740. The van der Waals surface area contributed by atoms with Crippen LogP contribution in [0.4, 0.5) is 0 Å². The molecule has 0 aliphatic heterocycles. The summed E-state index contributed by atoms with van der Waals surface area (Å²) in [4.78, 5) is 14.2. The quantitative estimate of drug-likeness (QED) is 0.758.